The number of methoxy groups -OCH3 is 1. The Kier molecular flexibility index (Phi) is 5.92. The van der Waals surface area contributed by atoms with Crippen molar-refractivity contribution in [1.29, 1.82) is 0 Å². The van der Waals surface area contributed by atoms with Gasteiger partial charge in [-0.2, -0.15) is 4.98 Å². The SMILES string of the molecule is COc1ccccc1Nc1nc(Nc2ccc(P(C)(C)=O)cc2C)ncc1Cl. The third kappa shape index (κ3) is 4.64. The number of halogens is 1. The number of aromatic nitrogens is 2. The van der Waals surface area contributed by atoms with E-state index in [0.717, 1.165) is 22.2 Å². The predicted molar refractivity (Wildman–Crippen MR) is 117 cm³/mol. The topological polar surface area (TPSA) is 76.1 Å². The highest BCUT2D eigenvalue weighted by atomic mass is 35.5. The van der Waals surface area contributed by atoms with Gasteiger partial charge in [0.25, 0.3) is 0 Å². The van der Waals surface area contributed by atoms with Crippen LogP contribution in [0.4, 0.5) is 23.1 Å². The van der Waals surface area contributed by atoms with Crippen molar-refractivity contribution in [2.24, 2.45) is 0 Å². The van der Waals surface area contributed by atoms with Crippen LogP contribution in [0.25, 0.3) is 0 Å². The number of hydrogen-bond donors (Lipinski definition) is 2. The van der Waals surface area contributed by atoms with Crippen molar-refractivity contribution in [2.75, 3.05) is 31.1 Å². The van der Waals surface area contributed by atoms with Gasteiger partial charge in [-0.1, -0.05) is 23.7 Å². The van der Waals surface area contributed by atoms with Gasteiger partial charge in [0.2, 0.25) is 5.95 Å². The number of nitrogens with one attached hydrogen (secondary N) is 2. The molecule has 3 rings (SSSR count). The van der Waals surface area contributed by atoms with Crippen molar-refractivity contribution >= 4 is 47.2 Å². The van der Waals surface area contributed by atoms with Gasteiger partial charge in [0.1, 0.15) is 17.9 Å². The fraction of sp³-hybridized carbons (Fsp3) is 0.200. The Morgan fingerprint density at radius 3 is 2.50 bits per heavy atom. The number of aryl methyl sites for hydroxylation is 1. The monoisotopic (exact) mass is 416 g/mol. The summed E-state index contributed by atoms with van der Waals surface area (Å²) in [4.78, 5) is 8.73. The van der Waals surface area contributed by atoms with E-state index in [1.807, 2.05) is 49.4 Å². The van der Waals surface area contributed by atoms with Crippen LogP contribution in [0, 0.1) is 6.92 Å². The van der Waals surface area contributed by atoms with Crippen LogP contribution in [0.5, 0.6) is 5.75 Å². The summed E-state index contributed by atoms with van der Waals surface area (Å²) in [6, 6.07) is 13.2. The Morgan fingerprint density at radius 1 is 1.07 bits per heavy atom. The maximum absolute atomic E-state index is 12.3. The molecule has 6 nitrogen and oxygen atoms in total. The van der Waals surface area contributed by atoms with Crippen molar-refractivity contribution in [2.45, 2.75) is 6.92 Å². The van der Waals surface area contributed by atoms with Crippen LogP contribution in [-0.2, 0) is 4.57 Å². The molecular formula is C20H22ClN4O2P. The van der Waals surface area contributed by atoms with E-state index in [2.05, 4.69) is 20.6 Å². The number of benzene rings is 2. The Bertz CT molecular complexity index is 1050. The third-order valence-electron chi connectivity index (χ3n) is 4.18. The van der Waals surface area contributed by atoms with Gasteiger partial charge < -0.3 is 19.9 Å². The van der Waals surface area contributed by atoms with Crippen molar-refractivity contribution in [3.8, 4) is 5.75 Å². The molecule has 3 aromatic rings. The van der Waals surface area contributed by atoms with Gasteiger partial charge in [-0.3, -0.25) is 0 Å². The highest BCUT2D eigenvalue weighted by molar-refractivity contribution is 7.70. The van der Waals surface area contributed by atoms with E-state index < -0.39 is 7.14 Å². The Balaban J connectivity index is 1.87. The van der Waals surface area contributed by atoms with E-state index in [1.165, 1.54) is 6.20 Å². The van der Waals surface area contributed by atoms with Gasteiger partial charge in [-0.25, -0.2) is 4.98 Å². The van der Waals surface area contributed by atoms with Crippen LogP contribution in [0.3, 0.4) is 0 Å². The van der Waals surface area contributed by atoms with Crippen LogP contribution < -0.4 is 20.7 Å². The molecule has 8 heteroatoms. The van der Waals surface area contributed by atoms with Gasteiger partial charge in [-0.05, 0) is 56.1 Å². The first-order chi connectivity index (χ1) is 13.3. The summed E-state index contributed by atoms with van der Waals surface area (Å²) >= 11 is 6.26. The van der Waals surface area contributed by atoms with Gasteiger partial charge >= 0.3 is 0 Å². The smallest absolute Gasteiger partial charge is 0.229 e. The molecule has 0 atom stereocenters. The molecule has 0 radical (unpaired) electrons. The normalized spacial score (nSPS) is 11.2. The fourth-order valence-electron chi connectivity index (χ4n) is 2.63. The molecule has 0 saturated heterocycles. The molecular weight excluding hydrogens is 395 g/mol. The fourth-order valence-corrected chi connectivity index (χ4v) is 3.71. The number of ether oxygens (including phenoxy) is 1. The van der Waals surface area contributed by atoms with Crippen molar-refractivity contribution < 1.29 is 9.30 Å². The standard InChI is InChI=1S/C20H22ClN4O2P/c1-13-11-14(28(3,4)26)9-10-16(13)24-20-22-12-15(21)19(25-20)23-17-7-5-6-8-18(17)27-2/h5-12H,1-4H3,(H2,22,23,24,25). The van der Waals surface area contributed by atoms with Gasteiger partial charge in [0, 0.05) is 11.0 Å². The predicted octanol–water partition coefficient (Wildman–Crippen LogP) is 5.18. The Morgan fingerprint density at radius 2 is 1.82 bits per heavy atom. The molecule has 0 spiro atoms. The minimum absolute atomic E-state index is 0.390. The minimum Gasteiger partial charge on any atom is -0.495 e. The average molecular weight is 417 g/mol. The highest BCUT2D eigenvalue weighted by Gasteiger charge is 2.13. The van der Waals surface area contributed by atoms with E-state index in [9.17, 15) is 4.57 Å². The van der Waals surface area contributed by atoms with Crippen LogP contribution >= 0.6 is 18.7 Å². The number of nitrogens with zero attached hydrogens (tertiary/aromatic N) is 2. The molecule has 2 aromatic carbocycles. The molecule has 0 fully saturated rings. The second kappa shape index (κ2) is 8.21. The molecule has 0 bridgehead atoms. The lowest BCUT2D eigenvalue weighted by Crippen LogP contribution is -2.07. The quantitative estimate of drug-likeness (QED) is 0.539. The van der Waals surface area contributed by atoms with E-state index in [4.69, 9.17) is 16.3 Å². The minimum atomic E-state index is -2.31. The maximum atomic E-state index is 12.3. The van der Waals surface area contributed by atoms with Gasteiger partial charge in [-0.15, -0.1) is 0 Å². The van der Waals surface area contributed by atoms with E-state index in [1.54, 1.807) is 20.4 Å². The summed E-state index contributed by atoms with van der Waals surface area (Å²) in [6.07, 6.45) is 1.53. The molecule has 0 aliphatic heterocycles. The molecule has 0 saturated carbocycles. The first-order valence-corrected chi connectivity index (χ1v) is 11.6. The summed E-state index contributed by atoms with van der Waals surface area (Å²) in [5, 5.41) is 7.60. The molecule has 0 aliphatic carbocycles. The lowest BCUT2D eigenvalue weighted by Gasteiger charge is -2.14. The number of anilines is 4. The lowest BCUT2D eigenvalue weighted by atomic mass is 10.2. The Labute approximate surface area is 169 Å². The lowest BCUT2D eigenvalue weighted by molar-refractivity contribution is 0.417. The highest BCUT2D eigenvalue weighted by Crippen LogP contribution is 2.36. The molecule has 28 heavy (non-hydrogen) atoms. The molecule has 1 heterocycles. The second-order valence-corrected chi connectivity index (χ2v) is 10.3. The van der Waals surface area contributed by atoms with E-state index >= 15 is 0 Å². The maximum Gasteiger partial charge on any atom is 0.229 e. The third-order valence-corrected chi connectivity index (χ3v) is 5.98. The molecule has 0 amide bonds. The van der Waals surface area contributed by atoms with Gasteiger partial charge in [0.05, 0.1) is 19.0 Å². The van der Waals surface area contributed by atoms with Crippen molar-refractivity contribution in [3.63, 3.8) is 0 Å². The van der Waals surface area contributed by atoms with Crippen molar-refractivity contribution in [1.82, 2.24) is 9.97 Å². The Hall–Kier alpha value is -2.56. The van der Waals surface area contributed by atoms with Crippen LogP contribution in [0.2, 0.25) is 5.02 Å². The summed E-state index contributed by atoms with van der Waals surface area (Å²) in [5.41, 5.74) is 2.54. The average Bonchev–Trinajstić information content (AvgIpc) is 2.65. The zero-order chi connectivity index (χ0) is 20.3. The summed E-state index contributed by atoms with van der Waals surface area (Å²) in [7, 11) is -0.703. The molecule has 2 N–H and O–H groups in total. The second-order valence-electron chi connectivity index (χ2n) is 6.69. The summed E-state index contributed by atoms with van der Waals surface area (Å²) < 4.78 is 17.6. The number of rotatable bonds is 6. The van der Waals surface area contributed by atoms with Crippen LogP contribution in [0.15, 0.2) is 48.7 Å². The summed E-state index contributed by atoms with van der Waals surface area (Å²) in [6.45, 7) is 5.46. The van der Waals surface area contributed by atoms with Crippen LogP contribution in [-0.4, -0.2) is 30.4 Å². The molecule has 146 valence electrons. The van der Waals surface area contributed by atoms with Gasteiger partial charge in [0.15, 0.2) is 5.82 Å². The summed E-state index contributed by atoms with van der Waals surface area (Å²) in [5.74, 6) is 1.54. The molecule has 0 unspecified atom stereocenters. The zero-order valence-electron chi connectivity index (χ0n) is 16.2. The van der Waals surface area contributed by atoms with E-state index in [0.29, 0.717) is 22.5 Å². The molecule has 1 aromatic heterocycles. The molecule has 0 aliphatic rings. The number of hydrogen-bond acceptors (Lipinski definition) is 6. The largest absolute Gasteiger partial charge is 0.495 e. The number of para-hydroxylation sites is 2. The first kappa shape index (κ1) is 20.2. The van der Waals surface area contributed by atoms with Crippen molar-refractivity contribution in [3.05, 3.63) is 59.2 Å². The first-order valence-electron chi connectivity index (χ1n) is 8.64. The zero-order valence-corrected chi connectivity index (χ0v) is 17.8. The van der Waals surface area contributed by atoms with E-state index in [-0.39, 0.29) is 0 Å². The van der Waals surface area contributed by atoms with Crippen LogP contribution in [0.1, 0.15) is 5.56 Å².